The number of sulfonamides is 1. The van der Waals surface area contributed by atoms with E-state index in [-0.39, 0.29) is 17.2 Å². The van der Waals surface area contributed by atoms with Crippen molar-refractivity contribution in [1.29, 1.82) is 0 Å². The van der Waals surface area contributed by atoms with Crippen LogP contribution in [0, 0.1) is 0 Å². The highest BCUT2D eigenvalue weighted by atomic mass is 32.2. The van der Waals surface area contributed by atoms with E-state index >= 15 is 0 Å². The van der Waals surface area contributed by atoms with Gasteiger partial charge in [0.05, 0.1) is 44.6 Å². The zero-order chi connectivity index (χ0) is 23.0. The van der Waals surface area contributed by atoms with Crippen LogP contribution in [0.5, 0.6) is 17.2 Å². The molecule has 1 aliphatic heterocycles. The highest BCUT2D eigenvalue weighted by molar-refractivity contribution is 7.89. The summed E-state index contributed by atoms with van der Waals surface area (Å²) in [5.74, 6) is 1.55. The first-order valence-corrected chi connectivity index (χ1v) is 11.7. The second-order valence-corrected chi connectivity index (χ2v) is 8.99. The molecule has 0 bridgehead atoms. The minimum absolute atomic E-state index is 0.0957. The van der Waals surface area contributed by atoms with Gasteiger partial charge >= 0.3 is 0 Å². The fourth-order valence-electron chi connectivity index (χ4n) is 3.19. The number of hydrogen-bond donors (Lipinski definition) is 1. The van der Waals surface area contributed by atoms with E-state index in [0.29, 0.717) is 56.5 Å². The third kappa shape index (κ3) is 6.12. The van der Waals surface area contributed by atoms with Gasteiger partial charge < -0.3 is 24.3 Å². The third-order valence-electron chi connectivity index (χ3n) is 4.93. The number of carbonyl (C=O) groups excluding carboxylic acids is 1. The van der Waals surface area contributed by atoms with E-state index in [9.17, 15) is 13.2 Å². The Balaban J connectivity index is 1.57. The molecular formula is C22H28N2O7S. The average molecular weight is 465 g/mol. The maximum Gasteiger partial charge on any atom is 0.243 e. The Kier molecular flexibility index (Phi) is 8.32. The number of carbonyl (C=O) groups is 1. The Morgan fingerprint density at radius 3 is 2.38 bits per heavy atom. The lowest BCUT2D eigenvalue weighted by Gasteiger charge is -2.26. The smallest absolute Gasteiger partial charge is 0.243 e. The number of nitrogens with one attached hydrogen (secondary N) is 1. The van der Waals surface area contributed by atoms with Crippen LogP contribution >= 0.6 is 0 Å². The van der Waals surface area contributed by atoms with Crippen molar-refractivity contribution in [2.24, 2.45) is 0 Å². The normalized spacial score (nSPS) is 14.6. The molecule has 32 heavy (non-hydrogen) atoms. The second-order valence-electron chi connectivity index (χ2n) is 7.05. The number of benzene rings is 2. The molecule has 0 spiro atoms. The van der Waals surface area contributed by atoms with Gasteiger partial charge in [-0.3, -0.25) is 4.79 Å². The molecule has 174 valence electrons. The van der Waals surface area contributed by atoms with E-state index in [0.717, 1.165) is 5.75 Å². The monoisotopic (exact) mass is 464 g/mol. The van der Waals surface area contributed by atoms with E-state index in [2.05, 4.69) is 5.32 Å². The molecule has 0 atom stereocenters. The topological polar surface area (TPSA) is 103 Å². The molecule has 1 fully saturated rings. The van der Waals surface area contributed by atoms with E-state index in [4.69, 9.17) is 18.9 Å². The lowest BCUT2D eigenvalue weighted by atomic mass is 10.2. The van der Waals surface area contributed by atoms with Gasteiger partial charge in [-0.1, -0.05) is 0 Å². The molecule has 1 N–H and O–H groups in total. The second kappa shape index (κ2) is 11.2. The van der Waals surface area contributed by atoms with Gasteiger partial charge in [-0.2, -0.15) is 4.31 Å². The molecule has 1 heterocycles. The van der Waals surface area contributed by atoms with E-state index in [1.165, 1.54) is 29.6 Å². The molecule has 1 saturated heterocycles. The number of hydrogen-bond acceptors (Lipinski definition) is 7. The Hall–Kier alpha value is -2.82. The van der Waals surface area contributed by atoms with E-state index in [1.807, 2.05) is 0 Å². The predicted molar refractivity (Wildman–Crippen MR) is 119 cm³/mol. The Labute approximate surface area is 188 Å². The average Bonchev–Trinajstić information content (AvgIpc) is 2.82. The summed E-state index contributed by atoms with van der Waals surface area (Å²) in [5, 5.41) is 2.75. The SMILES string of the molecule is COc1ccc(OCCCC(=O)Nc2cc(S(=O)(=O)N3CCOCC3)ccc2OC)cc1. The largest absolute Gasteiger partial charge is 0.497 e. The van der Waals surface area contributed by atoms with Crippen LogP contribution in [-0.4, -0.2) is 65.8 Å². The molecule has 0 aromatic heterocycles. The summed E-state index contributed by atoms with van der Waals surface area (Å²) in [6.45, 7) is 1.67. The zero-order valence-corrected chi connectivity index (χ0v) is 19.0. The molecule has 0 unspecified atom stereocenters. The van der Waals surface area contributed by atoms with Gasteiger partial charge in [0.1, 0.15) is 17.2 Å². The first-order valence-electron chi connectivity index (χ1n) is 10.3. The van der Waals surface area contributed by atoms with Gasteiger partial charge in [0.25, 0.3) is 0 Å². The van der Waals surface area contributed by atoms with Gasteiger partial charge in [-0.15, -0.1) is 0 Å². The fraction of sp³-hybridized carbons (Fsp3) is 0.409. The Morgan fingerprint density at radius 1 is 1.03 bits per heavy atom. The maximum atomic E-state index is 12.9. The number of amides is 1. The van der Waals surface area contributed by atoms with Crippen LogP contribution in [-0.2, 0) is 19.6 Å². The third-order valence-corrected chi connectivity index (χ3v) is 6.82. The molecule has 1 amide bonds. The van der Waals surface area contributed by atoms with Gasteiger partial charge in [0.2, 0.25) is 15.9 Å². The molecule has 2 aromatic carbocycles. The number of methoxy groups -OCH3 is 2. The van der Waals surface area contributed by atoms with Crippen LogP contribution < -0.4 is 19.5 Å². The van der Waals surface area contributed by atoms with Crippen LogP contribution in [0.4, 0.5) is 5.69 Å². The lowest BCUT2D eigenvalue weighted by Crippen LogP contribution is -2.40. The minimum atomic E-state index is -3.68. The summed E-state index contributed by atoms with van der Waals surface area (Å²) in [6.07, 6.45) is 0.700. The quantitative estimate of drug-likeness (QED) is 0.539. The van der Waals surface area contributed by atoms with Crippen LogP contribution in [0.25, 0.3) is 0 Å². The molecule has 9 nitrogen and oxygen atoms in total. The van der Waals surface area contributed by atoms with Crippen LogP contribution in [0.15, 0.2) is 47.4 Å². The number of nitrogens with zero attached hydrogens (tertiary/aromatic N) is 1. The number of morpholine rings is 1. The molecular weight excluding hydrogens is 436 g/mol. The van der Waals surface area contributed by atoms with E-state index in [1.54, 1.807) is 31.4 Å². The lowest BCUT2D eigenvalue weighted by molar-refractivity contribution is -0.116. The van der Waals surface area contributed by atoms with Gasteiger partial charge in [0, 0.05) is 19.5 Å². The molecule has 3 rings (SSSR count). The van der Waals surface area contributed by atoms with Gasteiger partial charge in [-0.05, 0) is 48.9 Å². The van der Waals surface area contributed by atoms with Crippen molar-refractivity contribution in [3.63, 3.8) is 0 Å². The molecule has 0 saturated carbocycles. The van der Waals surface area contributed by atoms with Gasteiger partial charge in [0.15, 0.2) is 0 Å². The van der Waals surface area contributed by atoms with Crippen LogP contribution in [0.2, 0.25) is 0 Å². The molecule has 0 radical (unpaired) electrons. The van der Waals surface area contributed by atoms with Gasteiger partial charge in [-0.25, -0.2) is 8.42 Å². The number of anilines is 1. The standard InChI is InChI=1S/C22H28N2O7S/c1-28-17-5-7-18(8-6-17)31-13-3-4-22(25)23-20-16-19(9-10-21(20)29-2)32(26,27)24-11-14-30-15-12-24/h5-10,16H,3-4,11-15H2,1-2H3,(H,23,25). The van der Waals surface area contributed by atoms with Crippen molar-refractivity contribution in [3.8, 4) is 17.2 Å². The predicted octanol–water partition coefficient (Wildman–Crippen LogP) is 2.52. The summed E-state index contributed by atoms with van der Waals surface area (Å²) < 4.78 is 48.4. The van der Waals surface area contributed by atoms with Crippen molar-refractivity contribution < 1.29 is 32.2 Å². The fourth-order valence-corrected chi connectivity index (χ4v) is 4.62. The summed E-state index contributed by atoms with van der Waals surface area (Å²) in [6, 6.07) is 11.6. The molecule has 10 heteroatoms. The molecule has 0 aliphatic carbocycles. The first-order chi connectivity index (χ1) is 15.4. The van der Waals surface area contributed by atoms with Crippen molar-refractivity contribution >= 4 is 21.6 Å². The van der Waals surface area contributed by atoms with Crippen molar-refractivity contribution in [2.75, 3.05) is 52.4 Å². The number of ether oxygens (including phenoxy) is 4. The highest BCUT2D eigenvalue weighted by Crippen LogP contribution is 2.29. The maximum absolute atomic E-state index is 12.9. The first kappa shape index (κ1) is 23.8. The zero-order valence-electron chi connectivity index (χ0n) is 18.2. The number of rotatable bonds is 10. The van der Waals surface area contributed by atoms with Crippen LogP contribution in [0.1, 0.15) is 12.8 Å². The van der Waals surface area contributed by atoms with Crippen molar-refractivity contribution in [2.45, 2.75) is 17.7 Å². The van der Waals surface area contributed by atoms with Crippen LogP contribution in [0.3, 0.4) is 0 Å². The summed E-state index contributed by atoms with van der Waals surface area (Å²) in [4.78, 5) is 12.5. The minimum Gasteiger partial charge on any atom is -0.497 e. The summed E-state index contributed by atoms with van der Waals surface area (Å²) >= 11 is 0. The molecule has 2 aromatic rings. The summed E-state index contributed by atoms with van der Waals surface area (Å²) in [7, 11) is -0.628. The van der Waals surface area contributed by atoms with Crippen molar-refractivity contribution in [1.82, 2.24) is 4.31 Å². The summed E-state index contributed by atoms with van der Waals surface area (Å²) in [5.41, 5.74) is 0.308. The Morgan fingerprint density at radius 2 is 1.72 bits per heavy atom. The van der Waals surface area contributed by atoms with E-state index < -0.39 is 10.0 Å². The van der Waals surface area contributed by atoms with Crippen molar-refractivity contribution in [3.05, 3.63) is 42.5 Å². The Bertz CT molecular complexity index is 1000. The highest BCUT2D eigenvalue weighted by Gasteiger charge is 2.27. The molecule has 1 aliphatic rings.